The second-order valence-corrected chi connectivity index (χ2v) is 2.24. The van der Waals surface area contributed by atoms with E-state index >= 15 is 0 Å². The molecule has 2 nitrogen and oxygen atoms in total. The van der Waals surface area contributed by atoms with Crippen molar-refractivity contribution in [3.8, 4) is 0 Å². The molecule has 3 heteroatoms. The van der Waals surface area contributed by atoms with Crippen LogP contribution in [0.5, 0.6) is 0 Å². The zero-order chi connectivity index (χ0) is 6.69. The first-order valence-electron chi connectivity index (χ1n) is 2.99. The third kappa shape index (κ3) is 3.33. The van der Waals surface area contributed by atoms with E-state index in [-0.39, 0.29) is 58.2 Å². The van der Waals surface area contributed by atoms with Gasteiger partial charge in [-0.3, -0.25) is 0 Å². The molecule has 0 aromatic carbocycles. The first kappa shape index (κ1) is 10.9. The minimum absolute atomic E-state index is 0. The third-order valence-electron chi connectivity index (χ3n) is 1.15. The quantitative estimate of drug-likeness (QED) is 0.518. The summed E-state index contributed by atoms with van der Waals surface area (Å²) < 4.78 is 0. The smallest absolute Gasteiger partial charge is 0.374 e. The monoisotopic (exact) mass is 206 g/mol. The van der Waals surface area contributed by atoms with Gasteiger partial charge in [-0.15, -0.1) is 6.07 Å². The van der Waals surface area contributed by atoms with Gasteiger partial charge in [-0.2, -0.15) is 0 Å². The SMILES string of the molecule is CC(C)c1ccn[c-]n1.[Rb+]. The van der Waals surface area contributed by atoms with Crippen LogP contribution in [-0.2, 0) is 0 Å². The van der Waals surface area contributed by atoms with Crippen molar-refractivity contribution in [1.82, 2.24) is 9.97 Å². The Morgan fingerprint density at radius 1 is 1.50 bits per heavy atom. The largest absolute Gasteiger partial charge is 1.00 e. The molecule has 0 bridgehead atoms. The van der Waals surface area contributed by atoms with Gasteiger partial charge in [0.15, 0.2) is 0 Å². The molecule has 0 radical (unpaired) electrons. The van der Waals surface area contributed by atoms with Crippen LogP contribution in [0.25, 0.3) is 0 Å². The van der Waals surface area contributed by atoms with Gasteiger partial charge in [0.25, 0.3) is 0 Å². The Morgan fingerprint density at radius 3 is 2.50 bits per heavy atom. The van der Waals surface area contributed by atoms with Crippen molar-refractivity contribution in [2.45, 2.75) is 19.8 Å². The van der Waals surface area contributed by atoms with E-state index < -0.39 is 0 Å². The molecule has 0 aliphatic heterocycles. The van der Waals surface area contributed by atoms with Crippen LogP contribution in [0.2, 0.25) is 0 Å². The van der Waals surface area contributed by atoms with Crippen LogP contribution in [0.15, 0.2) is 12.3 Å². The fourth-order valence-corrected chi connectivity index (χ4v) is 0.592. The Bertz CT molecular complexity index is 174. The van der Waals surface area contributed by atoms with E-state index in [0.29, 0.717) is 5.92 Å². The van der Waals surface area contributed by atoms with Crippen molar-refractivity contribution >= 4 is 0 Å². The molecule has 0 N–H and O–H groups in total. The fraction of sp³-hybridized carbons (Fsp3) is 0.429. The van der Waals surface area contributed by atoms with E-state index in [2.05, 4.69) is 30.1 Å². The van der Waals surface area contributed by atoms with Gasteiger partial charge >= 0.3 is 58.2 Å². The maximum absolute atomic E-state index is 3.94. The Morgan fingerprint density at radius 2 is 2.20 bits per heavy atom. The van der Waals surface area contributed by atoms with Crippen molar-refractivity contribution in [3.63, 3.8) is 0 Å². The number of rotatable bonds is 1. The predicted octanol–water partition coefficient (Wildman–Crippen LogP) is -1.60. The maximum Gasteiger partial charge on any atom is 1.00 e. The molecule has 0 saturated heterocycles. The number of aromatic nitrogens is 2. The molecule has 0 saturated carbocycles. The van der Waals surface area contributed by atoms with Gasteiger partial charge in [0.05, 0.1) is 0 Å². The van der Waals surface area contributed by atoms with E-state index in [1.807, 2.05) is 6.07 Å². The molecule has 0 spiro atoms. The van der Waals surface area contributed by atoms with E-state index in [0.717, 1.165) is 5.69 Å². The molecular formula is C7H9N2Rb. The van der Waals surface area contributed by atoms with E-state index in [9.17, 15) is 0 Å². The van der Waals surface area contributed by atoms with Crippen molar-refractivity contribution in [2.75, 3.05) is 0 Å². The van der Waals surface area contributed by atoms with Crippen LogP contribution < -0.4 is 58.2 Å². The molecule has 0 aliphatic carbocycles. The van der Waals surface area contributed by atoms with Gasteiger partial charge in [-0.05, 0) is 0 Å². The molecule has 0 amide bonds. The second kappa shape index (κ2) is 5.52. The van der Waals surface area contributed by atoms with Gasteiger partial charge in [0, 0.05) is 6.33 Å². The van der Waals surface area contributed by atoms with Crippen molar-refractivity contribution in [3.05, 3.63) is 24.3 Å². The predicted molar refractivity (Wildman–Crippen MR) is 35.0 cm³/mol. The molecule has 10 heavy (non-hydrogen) atoms. The van der Waals surface area contributed by atoms with E-state index in [1.54, 1.807) is 6.20 Å². The Balaban J connectivity index is 0.000000810. The summed E-state index contributed by atoms with van der Waals surface area (Å²) >= 11 is 0. The number of hydrogen-bond acceptors (Lipinski definition) is 2. The molecule has 0 unspecified atom stereocenters. The molecule has 0 atom stereocenters. The molecule has 48 valence electrons. The van der Waals surface area contributed by atoms with Crippen LogP contribution in [0.1, 0.15) is 25.5 Å². The standard InChI is InChI=1S/C7H9N2.Rb/c1-6(2)7-3-4-8-5-9-7;/h3-4,6H,1-2H3;/q-1;+1. The summed E-state index contributed by atoms with van der Waals surface area (Å²) in [5.41, 5.74) is 1.05. The van der Waals surface area contributed by atoms with Crippen molar-refractivity contribution in [1.29, 1.82) is 0 Å². The first-order chi connectivity index (χ1) is 4.30. The molecule has 0 fully saturated rings. The van der Waals surface area contributed by atoms with E-state index in [4.69, 9.17) is 0 Å². The number of hydrogen-bond donors (Lipinski definition) is 0. The topological polar surface area (TPSA) is 25.8 Å². The molecule has 0 aliphatic rings. The van der Waals surface area contributed by atoms with Crippen LogP contribution >= 0.6 is 0 Å². The first-order valence-corrected chi connectivity index (χ1v) is 2.99. The summed E-state index contributed by atoms with van der Waals surface area (Å²) in [7, 11) is 0. The van der Waals surface area contributed by atoms with Crippen molar-refractivity contribution < 1.29 is 58.2 Å². The summed E-state index contributed by atoms with van der Waals surface area (Å²) in [5.74, 6) is 0.476. The van der Waals surface area contributed by atoms with Gasteiger partial charge in [0.2, 0.25) is 0 Å². The minimum Gasteiger partial charge on any atom is -0.374 e. The normalized spacial score (nSPS) is 9.10. The summed E-state index contributed by atoms with van der Waals surface area (Å²) in [5, 5.41) is 0. The maximum atomic E-state index is 3.94. The van der Waals surface area contributed by atoms with E-state index in [1.165, 1.54) is 0 Å². The summed E-state index contributed by atoms with van der Waals surface area (Å²) in [6.07, 6.45) is 4.25. The van der Waals surface area contributed by atoms with Gasteiger partial charge in [-0.1, -0.05) is 31.7 Å². The van der Waals surface area contributed by atoms with Crippen LogP contribution in [0, 0.1) is 6.33 Å². The van der Waals surface area contributed by atoms with Crippen LogP contribution in [-0.4, -0.2) is 9.97 Å². The molecular weight excluding hydrogens is 198 g/mol. The Labute approximate surface area is 110 Å². The van der Waals surface area contributed by atoms with Crippen LogP contribution in [0.4, 0.5) is 0 Å². The zero-order valence-electron chi connectivity index (χ0n) is 6.63. The van der Waals surface area contributed by atoms with Gasteiger partial charge in [-0.25, -0.2) is 0 Å². The molecule has 1 aromatic rings. The average molecular weight is 207 g/mol. The fourth-order valence-electron chi connectivity index (χ4n) is 0.592. The third-order valence-corrected chi connectivity index (χ3v) is 1.15. The summed E-state index contributed by atoms with van der Waals surface area (Å²) in [6, 6.07) is 1.90. The van der Waals surface area contributed by atoms with Crippen LogP contribution in [0.3, 0.4) is 0 Å². The molecule has 1 rings (SSSR count). The Kier molecular flexibility index (Phi) is 6.01. The van der Waals surface area contributed by atoms with Crippen molar-refractivity contribution in [2.24, 2.45) is 0 Å². The summed E-state index contributed by atoms with van der Waals surface area (Å²) in [6.45, 7) is 4.19. The minimum atomic E-state index is 0. The van der Waals surface area contributed by atoms with Gasteiger partial charge in [0.1, 0.15) is 0 Å². The average Bonchev–Trinajstić information content (AvgIpc) is 1.90. The second-order valence-electron chi connectivity index (χ2n) is 2.24. The number of nitrogens with zero attached hydrogens (tertiary/aromatic N) is 2. The Hall–Kier alpha value is 0.885. The zero-order valence-corrected chi connectivity index (χ0v) is 11.5. The summed E-state index contributed by atoms with van der Waals surface area (Å²) in [4.78, 5) is 7.63. The molecule has 1 heterocycles. The van der Waals surface area contributed by atoms with Gasteiger partial charge < -0.3 is 9.97 Å². The molecule has 1 aromatic heterocycles.